The molecule has 0 N–H and O–H groups in total. The minimum atomic E-state index is -0.851. The molecule has 0 aliphatic carbocycles. The fraction of sp³-hybridized carbons (Fsp3) is 0.300. The lowest BCUT2D eigenvalue weighted by atomic mass is 10.3. The Kier molecular flexibility index (Phi) is 3.63. The second-order valence-corrected chi connectivity index (χ2v) is 4.46. The molecule has 0 heterocycles. The fourth-order valence-corrected chi connectivity index (χ4v) is 2.07. The van der Waals surface area contributed by atoms with Gasteiger partial charge in [0, 0.05) is 5.92 Å². The number of hydrogen-bond donors (Lipinski definition) is 0. The van der Waals surface area contributed by atoms with E-state index in [2.05, 4.69) is 0 Å². The summed E-state index contributed by atoms with van der Waals surface area (Å²) in [6.45, 7) is 4.00. The molecule has 1 aromatic carbocycles. The van der Waals surface area contributed by atoms with Crippen LogP contribution in [0.5, 0.6) is 0 Å². The molecular formula is C10H13OS. The lowest BCUT2D eigenvalue weighted by Gasteiger charge is -2.11. The second-order valence-electron chi connectivity index (χ2n) is 3.01. The maximum atomic E-state index is 11.5. The first kappa shape index (κ1) is 9.62. The van der Waals surface area contributed by atoms with Crippen LogP contribution >= 0.6 is 0 Å². The molecule has 1 radical (unpaired) electrons. The molecule has 0 bridgehead atoms. The molecular weight excluding hydrogens is 168 g/mol. The third-order valence-electron chi connectivity index (χ3n) is 1.43. The molecule has 1 rings (SSSR count). The molecule has 65 valence electrons. The molecule has 1 aromatic rings. The summed E-state index contributed by atoms with van der Waals surface area (Å²) in [5.74, 6) is 1.88. The summed E-state index contributed by atoms with van der Waals surface area (Å²) < 4.78 is 11.5. The zero-order chi connectivity index (χ0) is 8.97. The maximum Gasteiger partial charge on any atom is 0.152 e. The summed E-state index contributed by atoms with van der Waals surface area (Å²) in [4.78, 5) is 0.915. The fourth-order valence-electron chi connectivity index (χ4n) is 0.918. The van der Waals surface area contributed by atoms with Crippen LogP contribution in [0, 0.1) is 5.92 Å². The smallest absolute Gasteiger partial charge is 0.152 e. The van der Waals surface area contributed by atoms with Crippen LogP contribution in [0.15, 0.2) is 35.2 Å². The average Bonchev–Trinajstić information content (AvgIpc) is 2.05. The Morgan fingerprint density at radius 3 is 2.33 bits per heavy atom. The first-order valence-corrected chi connectivity index (χ1v) is 5.24. The predicted octanol–water partition coefficient (Wildman–Crippen LogP) is 2.41. The number of rotatable bonds is 3. The van der Waals surface area contributed by atoms with Crippen molar-refractivity contribution in [3.8, 4) is 0 Å². The van der Waals surface area contributed by atoms with Gasteiger partial charge in [-0.2, -0.15) is 0 Å². The van der Waals surface area contributed by atoms with Crippen molar-refractivity contribution < 1.29 is 4.55 Å². The summed E-state index contributed by atoms with van der Waals surface area (Å²) in [7, 11) is 0. The van der Waals surface area contributed by atoms with Crippen molar-refractivity contribution in [2.75, 3.05) is 5.75 Å². The van der Waals surface area contributed by atoms with Crippen molar-refractivity contribution >= 4 is 11.2 Å². The van der Waals surface area contributed by atoms with Gasteiger partial charge < -0.3 is 4.55 Å². The number of benzene rings is 1. The molecule has 1 unspecified atom stereocenters. The highest BCUT2D eigenvalue weighted by Crippen LogP contribution is 2.13. The zero-order valence-corrected chi connectivity index (χ0v) is 8.23. The summed E-state index contributed by atoms with van der Waals surface area (Å²) in [6, 6.07) is 9.57. The van der Waals surface area contributed by atoms with Crippen molar-refractivity contribution in [3.05, 3.63) is 36.2 Å². The molecule has 0 aliphatic heterocycles. The Balaban J connectivity index is 2.59. The maximum absolute atomic E-state index is 11.5. The zero-order valence-electron chi connectivity index (χ0n) is 7.41. The molecule has 0 aromatic heterocycles. The summed E-state index contributed by atoms with van der Waals surface area (Å²) in [6.07, 6.45) is 0. The van der Waals surface area contributed by atoms with E-state index in [1.807, 2.05) is 44.2 Å². The lowest BCUT2D eigenvalue weighted by molar-refractivity contribution is 0.595. The minimum Gasteiger partial charge on any atom is -0.611 e. The molecule has 0 saturated carbocycles. The quantitative estimate of drug-likeness (QED) is 0.657. The van der Waals surface area contributed by atoms with Gasteiger partial charge >= 0.3 is 0 Å². The van der Waals surface area contributed by atoms with Crippen molar-refractivity contribution in [3.63, 3.8) is 0 Å². The van der Waals surface area contributed by atoms with Crippen LogP contribution in [0.4, 0.5) is 0 Å². The topological polar surface area (TPSA) is 23.1 Å². The van der Waals surface area contributed by atoms with Gasteiger partial charge in [0.05, 0.1) is 0 Å². The van der Waals surface area contributed by atoms with E-state index in [1.54, 1.807) is 0 Å². The predicted molar refractivity (Wildman–Crippen MR) is 52.3 cm³/mol. The molecule has 12 heavy (non-hydrogen) atoms. The van der Waals surface area contributed by atoms with Crippen LogP contribution in [0.25, 0.3) is 0 Å². The lowest BCUT2D eigenvalue weighted by Crippen LogP contribution is -2.10. The Labute approximate surface area is 77.0 Å². The van der Waals surface area contributed by atoms with Gasteiger partial charge in [-0.15, -0.1) is 0 Å². The largest absolute Gasteiger partial charge is 0.611 e. The van der Waals surface area contributed by atoms with Crippen molar-refractivity contribution in [2.24, 2.45) is 0 Å². The third kappa shape index (κ3) is 2.88. The van der Waals surface area contributed by atoms with Crippen molar-refractivity contribution in [2.45, 2.75) is 18.7 Å². The van der Waals surface area contributed by atoms with E-state index >= 15 is 0 Å². The van der Waals surface area contributed by atoms with Crippen LogP contribution in [0.3, 0.4) is 0 Å². The summed E-state index contributed by atoms with van der Waals surface area (Å²) in [5.41, 5.74) is 0. The normalized spacial score (nSPS) is 13.3. The summed E-state index contributed by atoms with van der Waals surface area (Å²) >= 11 is -0.851. The van der Waals surface area contributed by atoms with Gasteiger partial charge in [0.25, 0.3) is 0 Å². The van der Waals surface area contributed by atoms with Crippen molar-refractivity contribution in [1.82, 2.24) is 0 Å². The van der Waals surface area contributed by atoms with Crippen LogP contribution < -0.4 is 0 Å². The molecule has 1 nitrogen and oxygen atoms in total. The van der Waals surface area contributed by atoms with E-state index in [9.17, 15) is 4.55 Å². The van der Waals surface area contributed by atoms with E-state index < -0.39 is 11.2 Å². The highest BCUT2D eigenvalue weighted by molar-refractivity contribution is 7.91. The van der Waals surface area contributed by atoms with Gasteiger partial charge in [-0.1, -0.05) is 32.0 Å². The monoisotopic (exact) mass is 181 g/mol. The van der Waals surface area contributed by atoms with Gasteiger partial charge in [0.1, 0.15) is 5.75 Å². The van der Waals surface area contributed by atoms with Crippen LogP contribution in [-0.2, 0) is 11.2 Å². The standard InChI is InChI=1S/C10H13OS/c1-9(2)8-12(11)10-6-4-3-5-7-10/h3-7H,8H2,1-2H3. The Hall–Kier alpha value is -0.470. The SMILES string of the molecule is C[C](C)C[S+]([O-])c1ccccc1. The third-order valence-corrected chi connectivity index (χ3v) is 3.06. The molecule has 0 amide bonds. The van der Waals surface area contributed by atoms with E-state index in [0.717, 1.165) is 4.90 Å². The van der Waals surface area contributed by atoms with Gasteiger partial charge in [0.15, 0.2) is 4.90 Å². The van der Waals surface area contributed by atoms with Crippen LogP contribution in [0.1, 0.15) is 13.8 Å². The first-order chi connectivity index (χ1) is 5.70. The second kappa shape index (κ2) is 4.53. The first-order valence-electron chi connectivity index (χ1n) is 3.92. The number of hydrogen-bond acceptors (Lipinski definition) is 1. The molecule has 0 spiro atoms. The van der Waals surface area contributed by atoms with Gasteiger partial charge in [-0.25, -0.2) is 0 Å². The van der Waals surface area contributed by atoms with Gasteiger partial charge in [-0.3, -0.25) is 0 Å². The van der Waals surface area contributed by atoms with E-state index in [1.165, 1.54) is 5.92 Å². The van der Waals surface area contributed by atoms with Crippen LogP contribution in [-0.4, -0.2) is 10.3 Å². The minimum absolute atomic E-state index is 0.671. The Morgan fingerprint density at radius 1 is 1.25 bits per heavy atom. The molecule has 2 heteroatoms. The molecule has 0 saturated heterocycles. The van der Waals surface area contributed by atoms with Gasteiger partial charge in [0.2, 0.25) is 0 Å². The Bertz CT molecular complexity index is 221. The molecule has 0 fully saturated rings. The van der Waals surface area contributed by atoms with Crippen molar-refractivity contribution in [1.29, 1.82) is 0 Å². The van der Waals surface area contributed by atoms with Crippen LogP contribution in [0.2, 0.25) is 0 Å². The molecule has 1 atom stereocenters. The average molecular weight is 181 g/mol. The molecule has 0 aliphatic rings. The summed E-state index contributed by atoms with van der Waals surface area (Å²) in [5, 5.41) is 0. The highest BCUT2D eigenvalue weighted by atomic mass is 32.2. The van der Waals surface area contributed by atoms with E-state index in [4.69, 9.17) is 0 Å². The highest BCUT2D eigenvalue weighted by Gasteiger charge is 2.11. The van der Waals surface area contributed by atoms with E-state index in [-0.39, 0.29) is 0 Å². The van der Waals surface area contributed by atoms with E-state index in [0.29, 0.717) is 5.75 Å². The Morgan fingerprint density at radius 2 is 1.83 bits per heavy atom. The van der Waals surface area contributed by atoms with Gasteiger partial charge in [-0.05, 0) is 23.3 Å².